The third-order valence-electron chi connectivity index (χ3n) is 2.53. The minimum absolute atomic E-state index is 0.0813. The molecule has 1 aromatic rings. The number of hydrogen-bond donors (Lipinski definition) is 3. The summed E-state index contributed by atoms with van der Waals surface area (Å²) in [4.78, 5) is 34.6. The molecule has 1 aliphatic heterocycles. The second-order valence-corrected chi connectivity index (χ2v) is 4.94. The first-order valence-corrected chi connectivity index (χ1v) is 6.43. The van der Waals surface area contributed by atoms with Crippen molar-refractivity contribution in [2.45, 2.75) is 18.9 Å². The van der Waals surface area contributed by atoms with E-state index in [1.54, 1.807) is 0 Å². The molecule has 1 atom stereocenters. The summed E-state index contributed by atoms with van der Waals surface area (Å²) >= 11 is 1.53. The van der Waals surface area contributed by atoms with Gasteiger partial charge in [0.1, 0.15) is 6.04 Å². The van der Waals surface area contributed by atoms with Gasteiger partial charge in [-0.1, -0.05) is 6.07 Å². The summed E-state index contributed by atoms with van der Waals surface area (Å²) in [5.74, 6) is -0.422. The molecule has 4 amide bonds. The van der Waals surface area contributed by atoms with Crippen molar-refractivity contribution in [1.29, 1.82) is 0 Å². The van der Waals surface area contributed by atoms with Crippen molar-refractivity contribution in [1.82, 2.24) is 16.0 Å². The molecule has 7 heteroatoms. The molecule has 0 aliphatic carbocycles. The van der Waals surface area contributed by atoms with Crippen LogP contribution in [-0.4, -0.2) is 30.4 Å². The van der Waals surface area contributed by atoms with Gasteiger partial charge in [-0.2, -0.15) is 0 Å². The third-order valence-corrected chi connectivity index (χ3v) is 3.41. The number of carbonyl (C=O) groups is 3. The molecule has 6 nitrogen and oxygen atoms in total. The Morgan fingerprint density at radius 2 is 2.28 bits per heavy atom. The first-order chi connectivity index (χ1) is 8.65. The Hall–Kier alpha value is -1.89. The number of imide groups is 1. The largest absolute Gasteiger partial charge is 0.356 e. The second-order valence-electron chi connectivity index (χ2n) is 3.91. The van der Waals surface area contributed by atoms with Crippen LogP contribution >= 0.6 is 11.3 Å². The van der Waals surface area contributed by atoms with Gasteiger partial charge in [0.05, 0.1) is 6.42 Å². The fourth-order valence-electron chi connectivity index (χ4n) is 1.65. The van der Waals surface area contributed by atoms with Crippen LogP contribution in [0, 0.1) is 0 Å². The zero-order valence-electron chi connectivity index (χ0n) is 9.56. The number of thiophene rings is 1. The molecular weight excluding hydrogens is 254 g/mol. The lowest BCUT2D eigenvalue weighted by atomic mass is 10.2. The van der Waals surface area contributed by atoms with Crippen LogP contribution in [-0.2, 0) is 16.0 Å². The van der Waals surface area contributed by atoms with Gasteiger partial charge in [0, 0.05) is 11.4 Å². The van der Waals surface area contributed by atoms with Crippen LogP contribution in [0.1, 0.15) is 11.3 Å². The number of carbonyl (C=O) groups excluding carboxylic acids is 3. The van der Waals surface area contributed by atoms with Crippen molar-refractivity contribution in [3.05, 3.63) is 22.4 Å². The molecule has 1 unspecified atom stereocenters. The average Bonchev–Trinajstić information content (AvgIpc) is 2.89. The predicted molar refractivity (Wildman–Crippen MR) is 66.1 cm³/mol. The Bertz CT molecular complexity index is 458. The van der Waals surface area contributed by atoms with Gasteiger partial charge in [0.25, 0.3) is 5.91 Å². The molecule has 3 N–H and O–H groups in total. The highest BCUT2D eigenvalue weighted by Gasteiger charge is 2.28. The van der Waals surface area contributed by atoms with E-state index >= 15 is 0 Å². The van der Waals surface area contributed by atoms with E-state index in [-0.39, 0.29) is 11.8 Å². The molecule has 96 valence electrons. The van der Waals surface area contributed by atoms with Gasteiger partial charge in [-0.05, 0) is 17.9 Å². The van der Waals surface area contributed by atoms with Gasteiger partial charge in [0.15, 0.2) is 0 Å². The highest BCUT2D eigenvalue weighted by Crippen LogP contribution is 2.08. The van der Waals surface area contributed by atoms with E-state index in [4.69, 9.17) is 0 Å². The number of nitrogens with one attached hydrogen (secondary N) is 3. The van der Waals surface area contributed by atoms with Crippen molar-refractivity contribution in [2.75, 3.05) is 6.54 Å². The zero-order valence-corrected chi connectivity index (χ0v) is 10.4. The van der Waals surface area contributed by atoms with Crippen LogP contribution in [0.15, 0.2) is 17.5 Å². The fraction of sp³-hybridized carbons (Fsp3) is 0.364. The second kappa shape index (κ2) is 5.63. The highest BCUT2D eigenvalue weighted by molar-refractivity contribution is 7.10. The zero-order chi connectivity index (χ0) is 13.0. The Morgan fingerprint density at radius 3 is 2.89 bits per heavy atom. The van der Waals surface area contributed by atoms with Crippen LogP contribution in [0.4, 0.5) is 4.79 Å². The maximum Gasteiger partial charge on any atom is 0.322 e. The summed E-state index contributed by atoms with van der Waals surface area (Å²) in [5, 5.41) is 9.25. The Morgan fingerprint density at radius 1 is 1.44 bits per heavy atom. The quantitative estimate of drug-likeness (QED) is 0.656. The topological polar surface area (TPSA) is 87.3 Å². The average molecular weight is 267 g/mol. The van der Waals surface area contributed by atoms with E-state index in [2.05, 4.69) is 16.0 Å². The molecule has 1 aliphatic rings. The van der Waals surface area contributed by atoms with Crippen molar-refractivity contribution in [3.8, 4) is 0 Å². The number of urea groups is 1. The SMILES string of the molecule is O=C(Cc1cccs1)NCCC1NC(=O)NC1=O. The predicted octanol–water partition coefficient (Wildman–Crippen LogP) is 0.00490. The molecule has 2 rings (SSSR count). The number of amides is 4. The summed E-state index contributed by atoms with van der Waals surface area (Å²) < 4.78 is 0. The van der Waals surface area contributed by atoms with Gasteiger partial charge >= 0.3 is 6.03 Å². The summed E-state index contributed by atoms with van der Waals surface area (Å²) in [7, 11) is 0. The molecule has 0 spiro atoms. The fourth-order valence-corrected chi connectivity index (χ4v) is 2.36. The molecule has 0 radical (unpaired) electrons. The van der Waals surface area contributed by atoms with Crippen LogP contribution in [0.3, 0.4) is 0 Å². The van der Waals surface area contributed by atoms with Crippen molar-refractivity contribution in [3.63, 3.8) is 0 Å². The lowest BCUT2D eigenvalue weighted by Crippen LogP contribution is -2.35. The van der Waals surface area contributed by atoms with Gasteiger partial charge < -0.3 is 10.6 Å². The normalized spacial score (nSPS) is 18.3. The summed E-state index contributed by atoms with van der Waals surface area (Å²) in [6.45, 7) is 0.364. The molecule has 0 aromatic carbocycles. The van der Waals surface area contributed by atoms with E-state index < -0.39 is 12.1 Å². The molecule has 0 bridgehead atoms. The van der Waals surface area contributed by atoms with E-state index in [1.807, 2.05) is 17.5 Å². The van der Waals surface area contributed by atoms with Crippen LogP contribution < -0.4 is 16.0 Å². The summed E-state index contributed by atoms with van der Waals surface area (Å²) in [6.07, 6.45) is 0.745. The van der Waals surface area contributed by atoms with E-state index in [0.717, 1.165) is 4.88 Å². The lowest BCUT2D eigenvalue weighted by molar-refractivity contribution is -0.122. The standard InChI is InChI=1S/C11H13N3O3S/c15-9(6-7-2-1-5-18-7)12-4-3-8-10(16)14-11(17)13-8/h1-2,5,8H,3-4,6H2,(H,12,15)(H2,13,14,16,17). The molecule has 18 heavy (non-hydrogen) atoms. The van der Waals surface area contributed by atoms with Crippen LogP contribution in [0.25, 0.3) is 0 Å². The van der Waals surface area contributed by atoms with E-state index in [1.165, 1.54) is 11.3 Å². The third kappa shape index (κ3) is 3.30. The first-order valence-electron chi connectivity index (χ1n) is 5.55. The maximum atomic E-state index is 11.5. The minimum atomic E-state index is -0.542. The van der Waals surface area contributed by atoms with E-state index in [9.17, 15) is 14.4 Å². The smallest absolute Gasteiger partial charge is 0.322 e. The molecular formula is C11H13N3O3S. The molecule has 1 fully saturated rings. The van der Waals surface area contributed by atoms with Crippen molar-refractivity contribution < 1.29 is 14.4 Å². The Balaban J connectivity index is 1.68. The van der Waals surface area contributed by atoms with Crippen molar-refractivity contribution in [2.24, 2.45) is 0 Å². The molecule has 0 saturated carbocycles. The van der Waals surface area contributed by atoms with Gasteiger partial charge in [0.2, 0.25) is 5.91 Å². The first kappa shape index (κ1) is 12.6. The number of rotatable bonds is 5. The monoisotopic (exact) mass is 267 g/mol. The molecule has 2 heterocycles. The van der Waals surface area contributed by atoms with Crippen LogP contribution in [0.5, 0.6) is 0 Å². The number of hydrogen-bond acceptors (Lipinski definition) is 4. The lowest BCUT2D eigenvalue weighted by Gasteiger charge is -2.08. The Labute approximate surface area is 108 Å². The summed E-state index contributed by atoms with van der Waals surface area (Å²) in [5.41, 5.74) is 0. The van der Waals surface area contributed by atoms with Gasteiger partial charge in [-0.3, -0.25) is 14.9 Å². The highest BCUT2D eigenvalue weighted by atomic mass is 32.1. The van der Waals surface area contributed by atoms with E-state index in [0.29, 0.717) is 19.4 Å². The van der Waals surface area contributed by atoms with Crippen LogP contribution in [0.2, 0.25) is 0 Å². The van der Waals surface area contributed by atoms with Gasteiger partial charge in [-0.15, -0.1) is 11.3 Å². The molecule has 1 aromatic heterocycles. The Kier molecular flexibility index (Phi) is 3.93. The minimum Gasteiger partial charge on any atom is -0.356 e. The van der Waals surface area contributed by atoms with Gasteiger partial charge in [-0.25, -0.2) is 4.79 Å². The maximum absolute atomic E-state index is 11.5. The molecule has 1 saturated heterocycles. The summed E-state index contributed by atoms with van der Waals surface area (Å²) in [6, 6.07) is 2.77. The van der Waals surface area contributed by atoms with Crippen molar-refractivity contribution >= 4 is 29.2 Å².